The van der Waals surface area contributed by atoms with Crippen molar-refractivity contribution in [2.75, 3.05) is 0 Å². The van der Waals surface area contributed by atoms with Crippen LogP contribution in [0.25, 0.3) is 0 Å². The van der Waals surface area contributed by atoms with Crippen LogP contribution in [0, 0.1) is 6.92 Å². The molecular formula is C15H17NO2. The summed E-state index contributed by atoms with van der Waals surface area (Å²) in [5.74, 6) is 1.38. The van der Waals surface area contributed by atoms with Gasteiger partial charge in [-0.2, -0.15) is 0 Å². The van der Waals surface area contributed by atoms with Crippen LogP contribution in [0.15, 0.2) is 42.6 Å². The van der Waals surface area contributed by atoms with Gasteiger partial charge in [-0.05, 0) is 50.6 Å². The van der Waals surface area contributed by atoms with Gasteiger partial charge in [0.15, 0.2) is 0 Å². The molecule has 0 aliphatic rings. The Hall–Kier alpha value is -1.87. The number of aromatic nitrogens is 1. The second-order valence-corrected chi connectivity index (χ2v) is 4.82. The number of ether oxygens (including phenoxy) is 1. The van der Waals surface area contributed by atoms with Crippen molar-refractivity contribution in [3.8, 4) is 11.5 Å². The molecule has 94 valence electrons. The second-order valence-electron chi connectivity index (χ2n) is 4.82. The second kappa shape index (κ2) is 4.78. The molecule has 3 heteroatoms. The average molecular weight is 243 g/mol. The Labute approximate surface area is 107 Å². The van der Waals surface area contributed by atoms with Crippen molar-refractivity contribution in [1.82, 2.24) is 4.98 Å². The summed E-state index contributed by atoms with van der Waals surface area (Å²) in [6.45, 7) is 5.43. The van der Waals surface area contributed by atoms with E-state index in [-0.39, 0.29) is 0 Å². The van der Waals surface area contributed by atoms with Gasteiger partial charge < -0.3 is 9.84 Å². The van der Waals surface area contributed by atoms with E-state index in [1.54, 1.807) is 20.0 Å². The van der Waals surface area contributed by atoms with Crippen molar-refractivity contribution in [3.05, 3.63) is 53.9 Å². The smallest absolute Gasteiger partial charge is 0.145 e. The highest BCUT2D eigenvalue weighted by Gasteiger charge is 2.16. The molecule has 1 aromatic heterocycles. The summed E-state index contributed by atoms with van der Waals surface area (Å²) in [5.41, 5.74) is 0.901. The topological polar surface area (TPSA) is 42.4 Å². The lowest BCUT2D eigenvalue weighted by Gasteiger charge is -2.18. The molecule has 0 amide bonds. The molecule has 0 saturated heterocycles. The third-order valence-electron chi connectivity index (χ3n) is 2.66. The summed E-state index contributed by atoms with van der Waals surface area (Å²) < 4.78 is 5.70. The van der Waals surface area contributed by atoms with Crippen LogP contribution < -0.4 is 4.74 Å². The summed E-state index contributed by atoms with van der Waals surface area (Å²) in [6, 6.07) is 11.2. The van der Waals surface area contributed by atoms with Gasteiger partial charge in [0.2, 0.25) is 0 Å². The maximum absolute atomic E-state index is 9.95. The molecule has 0 atom stereocenters. The van der Waals surface area contributed by atoms with E-state index < -0.39 is 5.60 Å². The molecule has 1 N–H and O–H groups in total. The molecule has 0 aliphatic carbocycles. The highest BCUT2D eigenvalue weighted by molar-refractivity contribution is 5.35. The van der Waals surface area contributed by atoms with Gasteiger partial charge in [-0.15, -0.1) is 0 Å². The Morgan fingerprint density at radius 3 is 2.50 bits per heavy atom. The monoisotopic (exact) mass is 243 g/mol. The van der Waals surface area contributed by atoms with E-state index in [9.17, 15) is 5.11 Å². The van der Waals surface area contributed by atoms with E-state index in [1.165, 1.54) is 0 Å². The first-order valence-corrected chi connectivity index (χ1v) is 5.88. The molecule has 0 fully saturated rings. The van der Waals surface area contributed by atoms with Crippen LogP contribution in [0.5, 0.6) is 11.5 Å². The quantitative estimate of drug-likeness (QED) is 0.898. The SMILES string of the molecule is Cc1ccc(Oc2cccc(C(C)(C)O)c2)cn1. The minimum atomic E-state index is -0.870. The Morgan fingerprint density at radius 2 is 1.89 bits per heavy atom. The summed E-state index contributed by atoms with van der Waals surface area (Å²) in [4.78, 5) is 4.17. The largest absolute Gasteiger partial charge is 0.456 e. The number of aryl methyl sites for hydroxylation is 1. The molecule has 1 heterocycles. The van der Waals surface area contributed by atoms with Crippen LogP contribution in [0.2, 0.25) is 0 Å². The molecule has 2 aromatic rings. The number of benzene rings is 1. The van der Waals surface area contributed by atoms with E-state index >= 15 is 0 Å². The van der Waals surface area contributed by atoms with Crippen molar-refractivity contribution in [1.29, 1.82) is 0 Å². The number of nitrogens with zero attached hydrogens (tertiary/aromatic N) is 1. The molecule has 2 rings (SSSR count). The molecule has 1 aromatic carbocycles. The summed E-state index contributed by atoms with van der Waals surface area (Å²) in [5, 5.41) is 9.95. The average Bonchev–Trinajstić information content (AvgIpc) is 2.31. The lowest BCUT2D eigenvalue weighted by molar-refractivity contribution is 0.0784. The Morgan fingerprint density at radius 1 is 1.11 bits per heavy atom. The highest BCUT2D eigenvalue weighted by Crippen LogP contribution is 2.26. The first kappa shape index (κ1) is 12.6. The molecule has 3 nitrogen and oxygen atoms in total. The van der Waals surface area contributed by atoms with Gasteiger partial charge in [0, 0.05) is 5.69 Å². The number of pyridine rings is 1. The van der Waals surface area contributed by atoms with Gasteiger partial charge in [-0.25, -0.2) is 0 Å². The van der Waals surface area contributed by atoms with Crippen LogP contribution in [-0.2, 0) is 5.60 Å². The van der Waals surface area contributed by atoms with E-state index in [2.05, 4.69) is 4.98 Å². The Balaban J connectivity index is 2.22. The minimum Gasteiger partial charge on any atom is -0.456 e. The highest BCUT2D eigenvalue weighted by atomic mass is 16.5. The molecule has 0 aliphatic heterocycles. The summed E-state index contributed by atoms with van der Waals surface area (Å²) in [6.07, 6.45) is 1.69. The molecule has 0 unspecified atom stereocenters. The molecule has 0 spiro atoms. The van der Waals surface area contributed by atoms with E-state index in [0.717, 1.165) is 11.3 Å². The number of aliphatic hydroxyl groups is 1. The standard InChI is InChI=1S/C15H17NO2/c1-11-7-8-14(10-16-11)18-13-6-4-5-12(9-13)15(2,3)17/h4-10,17H,1-3H3. The molecule has 0 saturated carbocycles. The van der Waals surface area contributed by atoms with E-state index in [4.69, 9.17) is 4.74 Å². The predicted octanol–water partition coefficient (Wildman–Crippen LogP) is 3.41. The number of rotatable bonds is 3. The summed E-state index contributed by atoms with van der Waals surface area (Å²) in [7, 11) is 0. The zero-order valence-electron chi connectivity index (χ0n) is 10.8. The zero-order chi connectivity index (χ0) is 13.2. The van der Waals surface area contributed by atoms with Crippen LogP contribution in [0.3, 0.4) is 0 Å². The Bertz CT molecular complexity index is 527. The fourth-order valence-corrected chi connectivity index (χ4v) is 1.59. The summed E-state index contributed by atoms with van der Waals surface area (Å²) >= 11 is 0. The number of hydrogen-bond donors (Lipinski definition) is 1. The third-order valence-corrected chi connectivity index (χ3v) is 2.66. The van der Waals surface area contributed by atoms with Gasteiger partial charge in [-0.1, -0.05) is 12.1 Å². The molecular weight excluding hydrogens is 226 g/mol. The van der Waals surface area contributed by atoms with E-state index in [0.29, 0.717) is 11.5 Å². The first-order chi connectivity index (χ1) is 8.45. The fourth-order valence-electron chi connectivity index (χ4n) is 1.59. The van der Waals surface area contributed by atoms with Crippen molar-refractivity contribution in [2.24, 2.45) is 0 Å². The predicted molar refractivity (Wildman–Crippen MR) is 70.7 cm³/mol. The van der Waals surface area contributed by atoms with Crippen LogP contribution >= 0.6 is 0 Å². The van der Waals surface area contributed by atoms with Gasteiger partial charge in [0.05, 0.1) is 11.8 Å². The fraction of sp³-hybridized carbons (Fsp3) is 0.267. The maximum atomic E-state index is 9.95. The van der Waals surface area contributed by atoms with Crippen LogP contribution in [0.1, 0.15) is 25.1 Å². The van der Waals surface area contributed by atoms with Gasteiger partial charge in [-0.3, -0.25) is 4.98 Å². The zero-order valence-corrected chi connectivity index (χ0v) is 10.8. The lowest BCUT2D eigenvalue weighted by atomic mass is 9.98. The molecule has 18 heavy (non-hydrogen) atoms. The van der Waals surface area contributed by atoms with E-state index in [1.807, 2.05) is 43.3 Å². The third kappa shape index (κ3) is 3.08. The van der Waals surface area contributed by atoms with Gasteiger partial charge in [0.25, 0.3) is 0 Å². The first-order valence-electron chi connectivity index (χ1n) is 5.88. The van der Waals surface area contributed by atoms with Crippen molar-refractivity contribution in [3.63, 3.8) is 0 Å². The van der Waals surface area contributed by atoms with Crippen molar-refractivity contribution in [2.45, 2.75) is 26.4 Å². The van der Waals surface area contributed by atoms with Crippen LogP contribution in [0.4, 0.5) is 0 Å². The molecule has 0 bridgehead atoms. The van der Waals surface area contributed by atoms with Crippen LogP contribution in [-0.4, -0.2) is 10.1 Å². The minimum absolute atomic E-state index is 0.688. The lowest BCUT2D eigenvalue weighted by Crippen LogP contribution is -2.15. The van der Waals surface area contributed by atoms with Crippen molar-refractivity contribution >= 4 is 0 Å². The maximum Gasteiger partial charge on any atom is 0.145 e. The van der Waals surface area contributed by atoms with Gasteiger partial charge >= 0.3 is 0 Å². The van der Waals surface area contributed by atoms with Crippen molar-refractivity contribution < 1.29 is 9.84 Å². The normalized spacial score (nSPS) is 11.3. The number of hydrogen-bond acceptors (Lipinski definition) is 3. The van der Waals surface area contributed by atoms with Gasteiger partial charge in [0.1, 0.15) is 11.5 Å². The Kier molecular flexibility index (Phi) is 3.34. The molecule has 0 radical (unpaired) electrons.